The Morgan fingerprint density at radius 2 is 0.964 bits per heavy atom. The summed E-state index contributed by atoms with van der Waals surface area (Å²) in [4.78, 5) is 0. The molecule has 0 fully saturated rings. The summed E-state index contributed by atoms with van der Waals surface area (Å²) < 4.78 is 34.5. The first-order chi connectivity index (χ1) is 13.3. The van der Waals surface area contributed by atoms with E-state index in [1.807, 2.05) is 14.1 Å². The van der Waals surface area contributed by atoms with Gasteiger partial charge in [-0.15, -0.1) is 0 Å². The Morgan fingerprint density at radius 1 is 0.643 bits per heavy atom. The number of hydrogen-bond donors (Lipinski definition) is 0. The van der Waals surface area contributed by atoms with E-state index >= 15 is 0 Å². The molecule has 0 aromatic rings. The molecule has 0 radical (unpaired) electrons. The minimum atomic E-state index is -4.22. The number of hydrogen-bond acceptors (Lipinski definition) is 3. The SMILES string of the molecule is CCCCCCCCCCCCCCCCCC[N+](C)(C)C(CC)S(=O)(=O)[O-]. The van der Waals surface area contributed by atoms with Gasteiger partial charge in [0.25, 0.3) is 0 Å². The fourth-order valence-electron chi connectivity index (χ4n) is 4.26. The van der Waals surface area contributed by atoms with E-state index in [-0.39, 0.29) is 0 Å². The summed E-state index contributed by atoms with van der Waals surface area (Å²) in [5, 5.41) is -0.816. The zero-order valence-electron chi connectivity index (χ0n) is 19.4. The molecular weight excluding hydrogens is 370 g/mol. The van der Waals surface area contributed by atoms with Gasteiger partial charge in [-0.25, -0.2) is 8.42 Å². The number of quaternary nitrogens is 1. The molecule has 0 amide bonds. The van der Waals surface area contributed by atoms with Crippen LogP contribution < -0.4 is 0 Å². The van der Waals surface area contributed by atoms with Gasteiger partial charge in [-0.1, -0.05) is 104 Å². The molecule has 0 aliphatic rings. The second kappa shape index (κ2) is 16.6. The van der Waals surface area contributed by atoms with Crippen LogP contribution in [0, 0.1) is 0 Å². The highest BCUT2D eigenvalue weighted by Crippen LogP contribution is 2.18. The van der Waals surface area contributed by atoms with Crippen molar-refractivity contribution in [2.45, 2.75) is 128 Å². The van der Waals surface area contributed by atoms with Gasteiger partial charge in [0.1, 0.15) is 10.1 Å². The third kappa shape index (κ3) is 14.8. The molecule has 0 heterocycles. The fourth-order valence-corrected chi connectivity index (χ4v) is 5.47. The maximum absolute atomic E-state index is 11.4. The van der Waals surface area contributed by atoms with Crippen LogP contribution >= 0.6 is 0 Å². The highest BCUT2D eigenvalue weighted by molar-refractivity contribution is 7.86. The molecule has 0 spiro atoms. The lowest BCUT2D eigenvalue weighted by molar-refractivity contribution is -0.902. The minimum Gasteiger partial charge on any atom is -0.743 e. The highest BCUT2D eigenvalue weighted by Gasteiger charge is 2.31. The van der Waals surface area contributed by atoms with E-state index in [1.165, 1.54) is 89.9 Å². The lowest BCUT2D eigenvalue weighted by Gasteiger charge is -2.38. The lowest BCUT2D eigenvalue weighted by Crippen LogP contribution is -2.52. The standard InChI is InChI=1S/C23H49NO3S/c1-5-7-8-9-10-11-12-13-14-15-16-17-18-19-20-21-22-24(3,4)23(6-2)28(25,26)27/h23H,5-22H2,1-4H3. The van der Waals surface area contributed by atoms with Crippen molar-refractivity contribution in [1.82, 2.24) is 0 Å². The Balaban J connectivity index is 3.48. The molecule has 0 rings (SSSR count). The molecule has 0 aliphatic heterocycles. The fraction of sp³-hybridized carbons (Fsp3) is 1.00. The summed E-state index contributed by atoms with van der Waals surface area (Å²) in [6, 6.07) is 0. The second-order valence-electron chi connectivity index (χ2n) is 9.16. The Bertz CT molecular complexity index is 449. The maximum atomic E-state index is 11.4. The molecule has 0 N–H and O–H groups in total. The first-order valence-corrected chi connectivity index (χ1v) is 13.5. The third-order valence-electron chi connectivity index (χ3n) is 6.05. The van der Waals surface area contributed by atoms with Crippen LogP contribution in [-0.4, -0.2) is 43.5 Å². The van der Waals surface area contributed by atoms with Gasteiger partial charge >= 0.3 is 0 Å². The smallest absolute Gasteiger partial charge is 0.178 e. The van der Waals surface area contributed by atoms with E-state index in [2.05, 4.69) is 6.92 Å². The van der Waals surface area contributed by atoms with Gasteiger partial charge in [-0.05, 0) is 12.8 Å². The first-order valence-electron chi connectivity index (χ1n) is 12.0. The maximum Gasteiger partial charge on any atom is 0.178 e. The van der Waals surface area contributed by atoms with Gasteiger partial charge in [0, 0.05) is 6.42 Å². The van der Waals surface area contributed by atoms with Crippen LogP contribution in [0.2, 0.25) is 0 Å². The van der Waals surface area contributed by atoms with Crippen LogP contribution in [0.15, 0.2) is 0 Å². The van der Waals surface area contributed by atoms with Gasteiger partial charge in [-0.2, -0.15) is 0 Å². The molecule has 0 saturated carbocycles. The topological polar surface area (TPSA) is 57.2 Å². The zero-order valence-corrected chi connectivity index (χ0v) is 20.2. The molecular formula is C23H49NO3S. The molecule has 1 atom stereocenters. The van der Waals surface area contributed by atoms with Crippen molar-refractivity contribution < 1.29 is 17.5 Å². The van der Waals surface area contributed by atoms with E-state index in [9.17, 15) is 13.0 Å². The quantitative estimate of drug-likeness (QED) is 0.127. The van der Waals surface area contributed by atoms with Crippen LogP contribution in [0.5, 0.6) is 0 Å². The molecule has 0 aliphatic carbocycles. The normalized spacial score (nSPS) is 13.8. The number of nitrogens with zero attached hydrogens (tertiary/aromatic N) is 1. The summed E-state index contributed by atoms with van der Waals surface area (Å²) in [5.41, 5.74) is 0. The van der Waals surface area contributed by atoms with Gasteiger partial charge in [0.15, 0.2) is 5.37 Å². The molecule has 4 nitrogen and oxygen atoms in total. The summed E-state index contributed by atoms with van der Waals surface area (Å²) in [5.74, 6) is 0. The third-order valence-corrected chi connectivity index (χ3v) is 7.62. The molecule has 28 heavy (non-hydrogen) atoms. The Morgan fingerprint density at radius 3 is 1.25 bits per heavy atom. The number of unbranched alkanes of at least 4 members (excludes halogenated alkanes) is 15. The van der Waals surface area contributed by atoms with E-state index in [1.54, 1.807) is 6.92 Å². The van der Waals surface area contributed by atoms with E-state index < -0.39 is 15.5 Å². The van der Waals surface area contributed by atoms with Gasteiger partial charge in [-0.3, -0.25) is 0 Å². The lowest BCUT2D eigenvalue weighted by atomic mass is 10.0. The van der Waals surface area contributed by atoms with E-state index in [0.29, 0.717) is 10.9 Å². The van der Waals surface area contributed by atoms with Crippen molar-refractivity contribution in [3.8, 4) is 0 Å². The van der Waals surface area contributed by atoms with Crippen molar-refractivity contribution in [3.63, 3.8) is 0 Å². The Kier molecular flexibility index (Phi) is 16.6. The molecule has 170 valence electrons. The summed E-state index contributed by atoms with van der Waals surface area (Å²) in [6.45, 7) is 4.82. The van der Waals surface area contributed by atoms with E-state index in [0.717, 1.165) is 19.4 Å². The van der Waals surface area contributed by atoms with Gasteiger partial charge in [0.2, 0.25) is 0 Å². The highest BCUT2D eigenvalue weighted by atomic mass is 32.2. The Hall–Kier alpha value is -0.130. The monoisotopic (exact) mass is 419 g/mol. The molecule has 1 unspecified atom stereocenters. The molecule has 0 aromatic heterocycles. The Labute approximate surface area is 176 Å². The van der Waals surface area contributed by atoms with Gasteiger partial charge in [0.05, 0.1) is 20.6 Å². The van der Waals surface area contributed by atoms with Crippen LogP contribution in [0.3, 0.4) is 0 Å². The van der Waals surface area contributed by atoms with Crippen molar-refractivity contribution in [1.29, 1.82) is 0 Å². The molecule has 5 heteroatoms. The summed E-state index contributed by atoms with van der Waals surface area (Å²) in [6.07, 6.45) is 21.7. The average molecular weight is 420 g/mol. The summed E-state index contributed by atoms with van der Waals surface area (Å²) >= 11 is 0. The summed E-state index contributed by atoms with van der Waals surface area (Å²) in [7, 11) is -0.483. The minimum absolute atomic E-state index is 0.293. The van der Waals surface area contributed by atoms with Crippen molar-refractivity contribution in [2.75, 3.05) is 20.6 Å². The van der Waals surface area contributed by atoms with Crippen molar-refractivity contribution in [3.05, 3.63) is 0 Å². The van der Waals surface area contributed by atoms with Crippen LogP contribution in [0.1, 0.15) is 123 Å². The van der Waals surface area contributed by atoms with Crippen LogP contribution in [0.25, 0.3) is 0 Å². The predicted octanol–water partition coefficient (Wildman–Crippen LogP) is 6.61. The molecule has 0 bridgehead atoms. The zero-order chi connectivity index (χ0) is 21.3. The average Bonchev–Trinajstić information content (AvgIpc) is 2.60. The molecule has 0 saturated heterocycles. The van der Waals surface area contributed by atoms with Crippen LogP contribution in [0.4, 0.5) is 0 Å². The largest absolute Gasteiger partial charge is 0.743 e. The first kappa shape index (κ1) is 27.9. The second-order valence-corrected chi connectivity index (χ2v) is 10.7. The van der Waals surface area contributed by atoms with E-state index in [4.69, 9.17) is 0 Å². The molecule has 0 aromatic carbocycles. The van der Waals surface area contributed by atoms with Gasteiger partial charge < -0.3 is 9.04 Å². The van der Waals surface area contributed by atoms with Crippen molar-refractivity contribution in [2.24, 2.45) is 0 Å². The van der Waals surface area contributed by atoms with Crippen LogP contribution in [-0.2, 0) is 10.1 Å². The predicted molar refractivity (Wildman–Crippen MR) is 120 cm³/mol. The number of rotatable bonds is 20. The van der Waals surface area contributed by atoms with Crippen molar-refractivity contribution >= 4 is 10.1 Å².